The summed E-state index contributed by atoms with van der Waals surface area (Å²) in [4.78, 5) is 14.8. The summed E-state index contributed by atoms with van der Waals surface area (Å²) in [5.74, 6) is -1.40. The molecule has 0 fully saturated rings. The summed E-state index contributed by atoms with van der Waals surface area (Å²) in [6, 6.07) is 5.14. The monoisotopic (exact) mass is 349 g/mol. The predicted molar refractivity (Wildman–Crippen MR) is 76.0 cm³/mol. The third-order valence-corrected chi connectivity index (χ3v) is 3.71. The molecule has 1 heterocycles. The van der Waals surface area contributed by atoms with Crippen LogP contribution in [0.2, 0.25) is 10.0 Å². The van der Waals surface area contributed by atoms with Crippen molar-refractivity contribution < 1.29 is 23.1 Å². The number of carbonyl (C=O) groups is 1. The number of nitrogens with zero attached hydrogens (tertiary/aromatic N) is 1. The molecule has 1 aromatic carbocycles. The van der Waals surface area contributed by atoms with Crippen molar-refractivity contribution in [3.05, 3.63) is 51.6 Å². The van der Waals surface area contributed by atoms with Gasteiger partial charge in [0.05, 0.1) is 27.7 Å². The Balaban J connectivity index is 2.75. The number of rotatable bonds is 3. The van der Waals surface area contributed by atoms with Crippen molar-refractivity contribution in [2.45, 2.75) is 12.6 Å². The maximum absolute atomic E-state index is 13.1. The fourth-order valence-corrected chi connectivity index (χ4v) is 2.40. The number of carboxylic acids is 1. The molecule has 116 valence electrons. The van der Waals surface area contributed by atoms with E-state index in [0.29, 0.717) is 0 Å². The second kappa shape index (κ2) is 6.14. The molecule has 2 rings (SSSR count). The van der Waals surface area contributed by atoms with E-state index in [1.54, 1.807) is 0 Å². The van der Waals surface area contributed by atoms with Crippen LogP contribution in [0.5, 0.6) is 0 Å². The molecule has 0 aliphatic carbocycles. The van der Waals surface area contributed by atoms with Crippen molar-refractivity contribution in [2.75, 3.05) is 0 Å². The molecule has 0 aliphatic rings. The summed E-state index contributed by atoms with van der Waals surface area (Å²) in [7, 11) is 0. The minimum absolute atomic E-state index is 0.0163. The first-order valence-corrected chi connectivity index (χ1v) is 6.68. The van der Waals surface area contributed by atoms with Gasteiger partial charge in [-0.1, -0.05) is 35.3 Å². The SMILES string of the molecule is O=C(O)Cc1c(C(F)(F)F)ccnc1-c1cccc(Cl)c1Cl. The van der Waals surface area contributed by atoms with Crippen LogP contribution in [0.15, 0.2) is 30.5 Å². The number of aliphatic carboxylic acids is 1. The lowest BCUT2D eigenvalue weighted by Crippen LogP contribution is -2.14. The minimum atomic E-state index is -4.70. The minimum Gasteiger partial charge on any atom is -0.481 e. The van der Waals surface area contributed by atoms with Crippen molar-refractivity contribution in [3.8, 4) is 11.3 Å². The predicted octanol–water partition coefficient (Wildman–Crippen LogP) is 4.70. The van der Waals surface area contributed by atoms with E-state index in [1.165, 1.54) is 18.2 Å². The summed E-state index contributed by atoms with van der Waals surface area (Å²) < 4.78 is 39.3. The maximum Gasteiger partial charge on any atom is 0.416 e. The normalized spacial score (nSPS) is 11.5. The third-order valence-electron chi connectivity index (χ3n) is 2.90. The van der Waals surface area contributed by atoms with Crippen molar-refractivity contribution in [3.63, 3.8) is 0 Å². The van der Waals surface area contributed by atoms with Gasteiger partial charge < -0.3 is 5.11 Å². The van der Waals surface area contributed by atoms with Crippen LogP contribution in [-0.4, -0.2) is 16.1 Å². The number of hydrogen-bond acceptors (Lipinski definition) is 2. The molecular formula is C14H8Cl2F3NO2. The molecular weight excluding hydrogens is 342 g/mol. The van der Waals surface area contributed by atoms with Crippen LogP contribution in [0.3, 0.4) is 0 Å². The molecule has 1 N–H and O–H groups in total. The summed E-state index contributed by atoms with van der Waals surface area (Å²) in [6.45, 7) is 0. The average molecular weight is 350 g/mol. The molecule has 1 aromatic heterocycles. The molecule has 0 saturated carbocycles. The topological polar surface area (TPSA) is 50.2 Å². The number of aromatic nitrogens is 1. The van der Waals surface area contributed by atoms with Gasteiger partial charge in [0.2, 0.25) is 0 Å². The zero-order valence-corrected chi connectivity index (χ0v) is 12.3. The molecule has 0 aliphatic heterocycles. The zero-order valence-electron chi connectivity index (χ0n) is 10.8. The van der Waals surface area contributed by atoms with E-state index in [-0.39, 0.29) is 21.3 Å². The highest BCUT2D eigenvalue weighted by molar-refractivity contribution is 6.43. The van der Waals surface area contributed by atoms with Crippen LogP contribution >= 0.6 is 23.2 Å². The second-order valence-electron chi connectivity index (χ2n) is 4.36. The highest BCUT2D eigenvalue weighted by atomic mass is 35.5. The lowest BCUT2D eigenvalue weighted by Gasteiger charge is -2.16. The van der Waals surface area contributed by atoms with Gasteiger partial charge >= 0.3 is 12.1 Å². The highest BCUT2D eigenvalue weighted by Gasteiger charge is 2.35. The summed E-state index contributed by atoms with van der Waals surface area (Å²) in [5.41, 5.74) is -1.51. The second-order valence-corrected chi connectivity index (χ2v) is 5.14. The zero-order chi connectivity index (χ0) is 16.5. The van der Waals surface area contributed by atoms with Crippen LogP contribution in [0, 0.1) is 0 Å². The standard InChI is InChI=1S/C14H8Cl2F3NO2/c15-10-3-1-2-7(12(10)16)13-8(6-11(21)22)9(4-5-20-13)14(17,18)19/h1-5H,6H2,(H,21,22). The van der Waals surface area contributed by atoms with E-state index in [4.69, 9.17) is 28.3 Å². The van der Waals surface area contributed by atoms with Crippen LogP contribution < -0.4 is 0 Å². The Morgan fingerprint density at radius 3 is 2.50 bits per heavy atom. The Hall–Kier alpha value is -1.79. The van der Waals surface area contributed by atoms with E-state index in [0.717, 1.165) is 12.3 Å². The van der Waals surface area contributed by atoms with E-state index >= 15 is 0 Å². The maximum atomic E-state index is 13.1. The number of carboxylic acid groups (broad SMARTS) is 1. The quantitative estimate of drug-likeness (QED) is 0.873. The first-order chi connectivity index (χ1) is 10.2. The van der Waals surface area contributed by atoms with Crippen molar-refractivity contribution in [1.29, 1.82) is 0 Å². The molecule has 22 heavy (non-hydrogen) atoms. The van der Waals surface area contributed by atoms with Gasteiger partial charge in [0.15, 0.2) is 0 Å². The molecule has 0 amide bonds. The Morgan fingerprint density at radius 2 is 1.91 bits per heavy atom. The van der Waals surface area contributed by atoms with Gasteiger partial charge in [-0.05, 0) is 12.1 Å². The number of halogens is 5. The fourth-order valence-electron chi connectivity index (χ4n) is 2.01. The molecule has 0 saturated heterocycles. The van der Waals surface area contributed by atoms with Crippen molar-refractivity contribution in [2.24, 2.45) is 0 Å². The highest BCUT2D eigenvalue weighted by Crippen LogP contribution is 2.39. The summed E-state index contributed by atoms with van der Waals surface area (Å²) >= 11 is 11.9. The first-order valence-electron chi connectivity index (χ1n) is 5.93. The first kappa shape index (κ1) is 16.6. The largest absolute Gasteiger partial charge is 0.481 e. The van der Waals surface area contributed by atoms with Crippen LogP contribution in [0.1, 0.15) is 11.1 Å². The van der Waals surface area contributed by atoms with Crippen molar-refractivity contribution >= 4 is 29.2 Å². The number of benzene rings is 1. The molecule has 0 radical (unpaired) electrons. The molecule has 2 aromatic rings. The lowest BCUT2D eigenvalue weighted by atomic mass is 9.98. The van der Waals surface area contributed by atoms with E-state index in [1.807, 2.05) is 0 Å². The van der Waals surface area contributed by atoms with Crippen molar-refractivity contribution in [1.82, 2.24) is 4.98 Å². The van der Waals surface area contributed by atoms with Gasteiger partial charge in [-0.15, -0.1) is 0 Å². The average Bonchev–Trinajstić information content (AvgIpc) is 2.40. The van der Waals surface area contributed by atoms with E-state index < -0.39 is 29.7 Å². The molecule has 0 unspecified atom stereocenters. The molecule has 3 nitrogen and oxygen atoms in total. The van der Waals surface area contributed by atoms with Crippen LogP contribution in [0.25, 0.3) is 11.3 Å². The Bertz CT molecular complexity index is 733. The summed E-state index contributed by atoms with van der Waals surface area (Å²) in [5, 5.41) is 9.05. The van der Waals surface area contributed by atoms with Crippen LogP contribution in [-0.2, 0) is 17.4 Å². The van der Waals surface area contributed by atoms with E-state index in [9.17, 15) is 18.0 Å². The lowest BCUT2D eigenvalue weighted by molar-refractivity contribution is -0.139. The molecule has 0 spiro atoms. The van der Waals surface area contributed by atoms with Gasteiger partial charge in [-0.25, -0.2) is 0 Å². The third kappa shape index (κ3) is 3.34. The van der Waals surface area contributed by atoms with Crippen LogP contribution in [0.4, 0.5) is 13.2 Å². The Labute approximate surface area is 133 Å². The van der Waals surface area contributed by atoms with Gasteiger partial charge in [-0.2, -0.15) is 13.2 Å². The number of hydrogen-bond donors (Lipinski definition) is 1. The van der Waals surface area contributed by atoms with Gasteiger partial charge in [0, 0.05) is 17.3 Å². The molecule has 0 bridgehead atoms. The Kier molecular flexibility index (Phi) is 4.63. The molecule has 8 heteroatoms. The number of pyridine rings is 1. The fraction of sp³-hybridized carbons (Fsp3) is 0.143. The van der Waals surface area contributed by atoms with E-state index in [2.05, 4.69) is 4.98 Å². The molecule has 0 atom stereocenters. The smallest absolute Gasteiger partial charge is 0.416 e. The Morgan fingerprint density at radius 1 is 1.23 bits per heavy atom. The van der Waals surface area contributed by atoms with Gasteiger partial charge in [0.1, 0.15) is 0 Å². The van der Waals surface area contributed by atoms with Gasteiger partial charge in [0.25, 0.3) is 0 Å². The summed E-state index contributed by atoms with van der Waals surface area (Å²) in [6.07, 6.45) is -4.57. The number of alkyl halides is 3. The van der Waals surface area contributed by atoms with Gasteiger partial charge in [-0.3, -0.25) is 9.78 Å².